The normalized spacial score (nSPS) is 11.6. The zero-order valence-corrected chi connectivity index (χ0v) is 10.7. The van der Waals surface area contributed by atoms with Gasteiger partial charge in [0.1, 0.15) is 5.75 Å². The number of hydrogen-bond donors (Lipinski definition) is 0. The van der Waals surface area contributed by atoms with Crippen LogP contribution in [-0.4, -0.2) is 7.11 Å². The molecule has 0 N–H and O–H groups in total. The summed E-state index contributed by atoms with van der Waals surface area (Å²) in [5, 5.41) is 0. The first-order chi connectivity index (χ1) is 8.76. The number of terminal acetylenes is 1. The third-order valence-electron chi connectivity index (χ3n) is 3.06. The minimum absolute atomic E-state index is 0.101. The molecule has 1 atom stereocenters. The minimum atomic E-state index is 0.101. The Morgan fingerprint density at radius 1 is 1.11 bits per heavy atom. The van der Waals surface area contributed by atoms with E-state index in [0.29, 0.717) is 0 Å². The van der Waals surface area contributed by atoms with Crippen molar-refractivity contribution in [2.45, 2.75) is 12.8 Å². The standard InChI is InChI=1S/C17H16O/c1-4-13(2)15-10-11-16(17(12-15)18-3)14-8-6-5-7-9-14/h1,5-13H,2-3H3/t13-/m1/s1. The molecule has 0 heterocycles. The Kier molecular flexibility index (Phi) is 3.69. The van der Waals surface area contributed by atoms with E-state index >= 15 is 0 Å². The average molecular weight is 236 g/mol. The number of rotatable bonds is 3. The third-order valence-corrected chi connectivity index (χ3v) is 3.06. The third kappa shape index (κ3) is 2.38. The summed E-state index contributed by atoms with van der Waals surface area (Å²) < 4.78 is 5.47. The topological polar surface area (TPSA) is 9.23 Å². The molecule has 2 aromatic carbocycles. The zero-order valence-electron chi connectivity index (χ0n) is 10.7. The Bertz CT molecular complexity index is 564. The molecule has 0 fully saturated rings. The number of hydrogen-bond acceptors (Lipinski definition) is 1. The van der Waals surface area contributed by atoms with E-state index in [9.17, 15) is 0 Å². The van der Waals surface area contributed by atoms with Crippen molar-refractivity contribution in [1.29, 1.82) is 0 Å². The number of methoxy groups -OCH3 is 1. The molecule has 0 saturated carbocycles. The molecule has 90 valence electrons. The largest absolute Gasteiger partial charge is 0.496 e. The molecule has 0 saturated heterocycles. The van der Waals surface area contributed by atoms with Crippen LogP contribution in [-0.2, 0) is 0 Å². The maximum Gasteiger partial charge on any atom is 0.127 e. The summed E-state index contributed by atoms with van der Waals surface area (Å²) in [7, 11) is 1.69. The molecule has 1 heteroatoms. The van der Waals surface area contributed by atoms with Gasteiger partial charge in [-0.1, -0.05) is 48.4 Å². The van der Waals surface area contributed by atoms with Gasteiger partial charge in [0.15, 0.2) is 0 Å². The SMILES string of the molecule is C#C[C@@H](C)c1ccc(-c2ccccc2)c(OC)c1. The van der Waals surface area contributed by atoms with Gasteiger partial charge in [-0.2, -0.15) is 0 Å². The van der Waals surface area contributed by atoms with Gasteiger partial charge in [0.2, 0.25) is 0 Å². The summed E-state index contributed by atoms with van der Waals surface area (Å²) in [6.45, 7) is 2.01. The zero-order chi connectivity index (χ0) is 13.0. The molecule has 0 spiro atoms. The first-order valence-electron chi connectivity index (χ1n) is 5.95. The Labute approximate surface area is 108 Å². The summed E-state index contributed by atoms with van der Waals surface area (Å²) in [6.07, 6.45) is 5.45. The second-order valence-electron chi connectivity index (χ2n) is 4.21. The van der Waals surface area contributed by atoms with E-state index in [-0.39, 0.29) is 5.92 Å². The van der Waals surface area contributed by atoms with E-state index in [1.165, 1.54) is 0 Å². The maximum absolute atomic E-state index is 5.47. The van der Waals surface area contributed by atoms with Crippen LogP contribution in [0, 0.1) is 12.3 Å². The van der Waals surface area contributed by atoms with Crippen molar-refractivity contribution < 1.29 is 4.74 Å². The van der Waals surface area contributed by atoms with Gasteiger partial charge in [-0.05, 0) is 24.1 Å². The molecular formula is C17H16O. The van der Waals surface area contributed by atoms with Crippen molar-refractivity contribution in [2.24, 2.45) is 0 Å². The van der Waals surface area contributed by atoms with Crippen LogP contribution in [0.2, 0.25) is 0 Å². The van der Waals surface area contributed by atoms with E-state index in [0.717, 1.165) is 22.4 Å². The molecule has 0 aliphatic rings. The van der Waals surface area contributed by atoms with Crippen molar-refractivity contribution in [1.82, 2.24) is 0 Å². The van der Waals surface area contributed by atoms with E-state index in [2.05, 4.69) is 30.2 Å². The van der Waals surface area contributed by atoms with Gasteiger partial charge in [0.05, 0.1) is 7.11 Å². The van der Waals surface area contributed by atoms with Gasteiger partial charge in [-0.3, -0.25) is 0 Å². The first-order valence-corrected chi connectivity index (χ1v) is 5.95. The van der Waals surface area contributed by atoms with Crippen LogP contribution in [0.3, 0.4) is 0 Å². The van der Waals surface area contributed by atoms with Gasteiger partial charge >= 0.3 is 0 Å². The van der Waals surface area contributed by atoms with Crippen LogP contribution < -0.4 is 4.74 Å². The van der Waals surface area contributed by atoms with Crippen molar-refractivity contribution in [3.63, 3.8) is 0 Å². The lowest BCUT2D eigenvalue weighted by Gasteiger charge is -2.12. The Hall–Kier alpha value is -2.20. The van der Waals surface area contributed by atoms with Gasteiger partial charge in [-0.25, -0.2) is 0 Å². The van der Waals surface area contributed by atoms with Crippen molar-refractivity contribution >= 4 is 0 Å². The second-order valence-corrected chi connectivity index (χ2v) is 4.21. The van der Waals surface area contributed by atoms with E-state index in [4.69, 9.17) is 11.2 Å². The average Bonchev–Trinajstić information content (AvgIpc) is 2.46. The molecule has 0 aromatic heterocycles. The maximum atomic E-state index is 5.47. The van der Waals surface area contributed by atoms with Gasteiger partial charge < -0.3 is 4.74 Å². The molecule has 2 aromatic rings. The molecule has 0 unspecified atom stereocenters. The smallest absolute Gasteiger partial charge is 0.127 e. The fourth-order valence-electron chi connectivity index (χ4n) is 1.93. The van der Waals surface area contributed by atoms with Crippen LogP contribution in [0.25, 0.3) is 11.1 Å². The molecule has 18 heavy (non-hydrogen) atoms. The Morgan fingerprint density at radius 2 is 1.83 bits per heavy atom. The highest BCUT2D eigenvalue weighted by Crippen LogP contribution is 2.32. The molecule has 2 rings (SSSR count). The van der Waals surface area contributed by atoms with E-state index in [1.54, 1.807) is 7.11 Å². The van der Waals surface area contributed by atoms with Crippen molar-refractivity contribution in [3.8, 4) is 29.2 Å². The lowest BCUT2D eigenvalue weighted by molar-refractivity contribution is 0.416. The summed E-state index contributed by atoms with van der Waals surface area (Å²) in [5.41, 5.74) is 3.34. The van der Waals surface area contributed by atoms with Gasteiger partial charge in [-0.15, -0.1) is 6.42 Å². The Balaban J connectivity index is 2.48. The van der Waals surface area contributed by atoms with Crippen molar-refractivity contribution in [2.75, 3.05) is 7.11 Å². The first kappa shape index (κ1) is 12.3. The van der Waals surface area contributed by atoms with Crippen LogP contribution >= 0.6 is 0 Å². The van der Waals surface area contributed by atoms with Gasteiger partial charge in [0, 0.05) is 11.5 Å². The molecule has 0 aliphatic heterocycles. The quantitative estimate of drug-likeness (QED) is 0.729. The van der Waals surface area contributed by atoms with Crippen LogP contribution in [0.4, 0.5) is 0 Å². The monoisotopic (exact) mass is 236 g/mol. The summed E-state index contributed by atoms with van der Waals surface area (Å²) in [6, 6.07) is 16.3. The van der Waals surface area contributed by atoms with E-state index in [1.807, 2.05) is 31.2 Å². The van der Waals surface area contributed by atoms with Crippen LogP contribution in [0.1, 0.15) is 18.4 Å². The highest BCUT2D eigenvalue weighted by atomic mass is 16.5. The highest BCUT2D eigenvalue weighted by Gasteiger charge is 2.09. The summed E-state index contributed by atoms with van der Waals surface area (Å²) in [5.74, 6) is 3.70. The molecule has 1 nitrogen and oxygen atoms in total. The molecule has 0 bridgehead atoms. The minimum Gasteiger partial charge on any atom is -0.496 e. The highest BCUT2D eigenvalue weighted by molar-refractivity contribution is 5.71. The van der Waals surface area contributed by atoms with Crippen LogP contribution in [0.5, 0.6) is 5.75 Å². The van der Waals surface area contributed by atoms with Crippen molar-refractivity contribution in [3.05, 3.63) is 54.1 Å². The molecular weight excluding hydrogens is 220 g/mol. The summed E-state index contributed by atoms with van der Waals surface area (Å²) >= 11 is 0. The molecule has 0 aliphatic carbocycles. The molecule has 0 amide bonds. The van der Waals surface area contributed by atoms with E-state index < -0.39 is 0 Å². The number of ether oxygens (including phenoxy) is 1. The summed E-state index contributed by atoms with van der Waals surface area (Å²) in [4.78, 5) is 0. The van der Waals surface area contributed by atoms with Gasteiger partial charge in [0.25, 0.3) is 0 Å². The fraction of sp³-hybridized carbons (Fsp3) is 0.176. The predicted molar refractivity (Wildman–Crippen MR) is 75.7 cm³/mol. The lowest BCUT2D eigenvalue weighted by atomic mass is 9.97. The van der Waals surface area contributed by atoms with Crippen LogP contribution in [0.15, 0.2) is 48.5 Å². The fourth-order valence-corrected chi connectivity index (χ4v) is 1.93. The lowest BCUT2D eigenvalue weighted by Crippen LogP contribution is -1.93. The number of benzene rings is 2. The predicted octanol–water partition coefficient (Wildman–Crippen LogP) is 4.10. The second kappa shape index (κ2) is 5.42. The Morgan fingerprint density at radius 3 is 2.44 bits per heavy atom. The molecule has 0 radical (unpaired) electrons.